The van der Waals surface area contributed by atoms with E-state index in [0.717, 1.165) is 17.7 Å². The topological polar surface area (TPSA) is 67.9 Å². The number of Topliss-reactive ketones (excluding diaryl/α,β-unsaturated/α-hetero) is 1. The van der Waals surface area contributed by atoms with Gasteiger partial charge in [0.2, 0.25) is 0 Å². The van der Waals surface area contributed by atoms with Crippen LogP contribution in [0.25, 0.3) is 6.08 Å². The number of carbonyl (C=O) groups is 1. The highest BCUT2D eigenvalue weighted by molar-refractivity contribution is 6.04. The van der Waals surface area contributed by atoms with Crippen LogP contribution < -0.4 is 4.90 Å². The fourth-order valence-corrected chi connectivity index (χ4v) is 5.10. The number of nitriles is 2. The molecular formula is C27H17F2N3O. The molecule has 1 unspecified atom stereocenters. The second kappa shape index (κ2) is 7.69. The Morgan fingerprint density at radius 3 is 2.33 bits per heavy atom. The van der Waals surface area contributed by atoms with Crippen LogP contribution in [0.1, 0.15) is 27.4 Å². The summed E-state index contributed by atoms with van der Waals surface area (Å²) in [5, 5.41) is 20.6. The molecule has 2 aliphatic heterocycles. The summed E-state index contributed by atoms with van der Waals surface area (Å²) in [7, 11) is 0. The zero-order valence-electron chi connectivity index (χ0n) is 17.3. The van der Waals surface area contributed by atoms with Crippen molar-refractivity contribution in [3.63, 3.8) is 0 Å². The average molecular weight is 437 g/mol. The monoisotopic (exact) mass is 437 g/mol. The molecule has 0 radical (unpaired) electrons. The van der Waals surface area contributed by atoms with Crippen LogP contribution in [0.2, 0.25) is 0 Å². The van der Waals surface area contributed by atoms with E-state index in [2.05, 4.69) is 12.1 Å². The molecule has 3 aromatic rings. The van der Waals surface area contributed by atoms with Crippen molar-refractivity contribution < 1.29 is 13.6 Å². The second-order valence-corrected chi connectivity index (χ2v) is 8.18. The van der Waals surface area contributed by atoms with Gasteiger partial charge < -0.3 is 4.90 Å². The summed E-state index contributed by atoms with van der Waals surface area (Å²) in [5.74, 6) is -3.16. The lowest BCUT2D eigenvalue weighted by Gasteiger charge is -2.35. The van der Waals surface area contributed by atoms with E-state index in [1.54, 1.807) is 41.3 Å². The van der Waals surface area contributed by atoms with E-state index in [1.165, 1.54) is 6.07 Å². The van der Waals surface area contributed by atoms with E-state index < -0.39 is 35.1 Å². The maximum absolute atomic E-state index is 15.1. The number of ketones is 1. The Hall–Kier alpha value is -4.29. The molecule has 3 atom stereocenters. The third kappa shape index (κ3) is 2.96. The van der Waals surface area contributed by atoms with E-state index >= 15 is 4.39 Å². The standard InChI is InChI=1S/C27H17F2N3O/c28-19-11-12-20(21(29)14-19)24-25(26(33)18-7-2-1-3-8-18)32-22-9-5-4-6-17(22)10-13-23(32)27(24,15-30)16-31/h1-14,23-25H/t23-,24?,25-/m1/s1. The zero-order valence-corrected chi connectivity index (χ0v) is 17.3. The van der Waals surface area contributed by atoms with Crippen molar-refractivity contribution in [2.45, 2.75) is 18.0 Å². The third-order valence-corrected chi connectivity index (χ3v) is 6.54. The Labute approximate surface area is 189 Å². The highest BCUT2D eigenvalue weighted by Crippen LogP contribution is 2.55. The minimum absolute atomic E-state index is 0.0333. The molecule has 1 saturated heterocycles. The van der Waals surface area contributed by atoms with Crippen molar-refractivity contribution in [2.75, 3.05) is 4.90 Å². The minimum Gasteiger partial charge on any atom is -0.351 e. The number of para-hydroxylation sites is 1. The quantitative estimate of drug-likeness (QED) is 0.525. The van der Waals surface area contributed by atoms with E-state index in [4.69, 9.17) is 0 Å². The first-order valence-electron chi connectivity index (χ1n) is 10.4. The van der Waals surface area contributed by atoms with Gasteiger partial charge in [-0.15, -0.1) is 0 Å². The Morgan fingerprint density at radius 2 is 1.64 bits per heavy atom. The van der Waals surface area contributed by atoms with Gasteiger partial charge in [0, 0.05) is 23.2 Å². The highest BCUT2D eigenvalue weighted by Gasteiger charge is 2.63. The van der Waals surface area contributed by atoms with Gasteiger partial charge >= 0.3 is 0 Å². The maximum atomic E-state index is 15.1. The van der Waals surface area contributed by atoms with Gasteiger partial charge in [-0.1, -0.05) is 66.7 Å². The maximum Gasteiger partial charge on any atom is 0.185 e. The molecule has 6 heteroatoms. The van der Waals surface area contributed by atoms with Crippen molar-refractivity contribution >= 4 is 17.5 Å². The Balaban J connectivity index is 1.81. The number of carbonyl (C=O) groups excluding carboxylic acids is 1. The van der Waals surface area contributed by atoms with Gasteiger partial charge in [-0.2, -0.15) is 10.5 Å². The van der Waals surface area contributed by atoms with Crippen molar-refractivity contribution in [2.24, 2.45) is 5.41 Å². The first kappa shape index (κ1) is 20.6. The molecule has 4 nitrogen and oxygen atoms in total. The van der Waals surface area contributed by atoms with Crippen molar-refractivity contribution in [3.05, 3.63) is 107 Å². The largest absolute Gasteiger partial charge is 0.351 e. The lowest BCUT2D eigenvalue weighted by Crippen LogP contribution is -2.44. The normalized spacial score (nSPS) is 22.1. The number of hydrogen-bond donors (Lipinski definition) is 0. The van der Waals surface area contributed by atoms with Crippen molar-refractivity contribution in [1.82, 2.24) is 0 Å². The number of anilines is 1. The molecule has 0 spiro atoms. The summed E-state index contributed by atoms with van der Waals surface area (Å²) in [6.45, 7) is 0. The van der Waals surface area contributed by atoms with Crippen LogP contribution in [-0.2, 0) is 0 Å². The van der Waals surface area contributed by atoms with Crippen LogP contribution in [0.4, 0.5) is 14.5 Å². The summed E-state index contributed by atoms with van der Waals surface area (Å²) < 4.78 is 28.9. The molecule has 0 bridgehead atoms. The van der Waals surface area contributed by atoms with Crippen molar-refractivity contribution in [3.8, 4) is 12.1 Å². The predicted octanol–water partition coefficient (Wildman–Crippen LogP) is 5.25. The number of hydrogen-bond acceptors (Lipinski definition) is 4. The highest BCUT2D eigenvalue weighted by atomic mass is 19.1. The predicted molar refractivity (Wildman–Crippen MR) is 119 cm³/mol. The van der Waals surface area contributed by atoms with Gasteiger partial charge in [0.25, 0.3) is 0 Å². The molecule has 1 fully saturated rings. The minimum atomic E-state index is -1.78. The number of halogens is 2. The van der Waals surface area contributed by atoms with Gasteiger partial charge in [0.05, 0.1) is 18.2 Å². The molecule has 2 aliphatic rings. The summed E-state index contributed by atoms with van der Waals surface area (Å²) in [5.41, 5.74) is 0.0722. The van der Waals surface area contributed by atoms with Crippen LogP contribution in [0, 0.1) is 39.7 Å². The molecule has 0 amide bonds. The van der Waals surface area contributed by atoms with Gasteiger partial charge in [0.1, 0.15) is 17.7 Å². The molecule has 5 rings (SSSR count). The number of fused-ring (bicyclic) bond motifs is 3. The number of rotatable bonds is 3. The zero-order chi connectivity index (χ0) is 23.2. The molecule has 160 valence electrons. The van der Waals surface area contributed by atoms with Crippen LogP contribution in [0.3, 0.4) is 0 Å². The molecule has 3 aromatic carbocycles. The SMILES string of the molecule is N#CC1(C#N)C(c2ccc(F)cc2F)[C@H](C(=O)c2ccccc2)N2c3ccccc3C=C[C@@H]21. The summed E-state index contributed by atoms with van der Waals surface area (Å²) >= 11 is 0. The lowest BCUT2D eigenvalue weighted by atomic mass is 9.69. The van der Waals surface area contributed by atoms with Gasteiger partial charge in [0.15, 0.2) is 11.2 Å². The average Bonchev–Trinajstić information content (AvgIpc) is 3.15. The van der Waals surface area contributed by atoms with Crippen LogP contribution in [0.15, 0.2) is 78.9 Å². The molecular weight excluding hydrogens is 420 g/mol. The Bertz CT molecular complexity index is 1360. The van der Waals surface area contributed by atoms with Gasteiger partial charge in [-0.05, 0) is 23.3 Å². The lowest BCUT2D eigenvalue weighted by molar-refractivity contribution is 0.0950. The smallest absolute Gasteiger partial charge is 0.185 e. The number of nitrogens with zero attached hydrogens (tertiary/aromatic N) is 3. The third-order valence-electron chi connectivity index (χ3n) is 6.54. The summed E-state index contributed by atoms with van der Waals surface area (Å²) in [6, 6.07) is 21.3. The summed E-state index contributed by atoms with van der Waals surface area (Å²) in [4.78, 5) is 15.7. The van der Waals surface area contributed by atoms with E-state index in [-0.39, 0.29) is 11.3 Å². The van der Waals surface area contributed by atoms with E-state index in [9.17, 15) is 19.7 Å². The van der Waals surface area contributed by atoms with Gasteiger partial charge in [-0.3, -0.25) is 4.79 Å². The molecule has 2 heterocycles. The summed E-state index contributed by atoms with van der Waals surface area (Å²) in [6.07, 6.45) is 3.54. The molecule has 0 aliphatic carbocycles. The van der Waals surface area contributed by atoms with Gasteiger partial charge in [-0.25, -0.2) is 8.78 Å². The van der Waals surface area contributed by atoms with Crippen LogP contribution in [0.5, 0.6) is 0 Å². The first-order chi connectivity index (χ1) is 16.0. The second-order valence-electron chi connectivity index (χ2n) is 8.18. The Morgan fingerprint density at radius 1 is 0.939 bits per heavy atom. The van der Waals surface area contributed by atoms with Crippen LogP contribution >= 0.6 is 0 Å². The van der Waals surface area contributed by atoms with E-state index in [0.29, 0.717) is 11.3 Å². The molecule has 0 N–H and O–H groups in total. The Kier molecular flexibility index (Phi) is 4.80. The van der Waals surface area contributed by atoms with Crippen molar-refractivity contribution in [1.29, 1.82) is 10.5 Å². The molecule has 0 saturated carbocycles. The van der Waals surface area contributed by atoms with Crippen LogP contribution in [-0.4, -0.2) is 17.9 Å². The molecule has 0 aromatic heterocycles. The van der Waals surface area contributed by atoms with E-state index in [1.807, 2.05) is 30.3 Å². The fraction of sp³-hybridized carbons (Fsp3) is 0.148. The first-order valence-corrected chi connectivity index (χ1v) is 10.4. The molecule has 33 heavy (non-hydrogen) atoms. The number of benzene rings is 3. The fourth-order valence-electron chi connectivity index (χ4n) is 5.10.